The van der Waals surface area contributed by atoms with Gasteiger partial charge in [0.25, 0.3) is 0 Å². The average molecular weight is 194 g/mol. The third-order valence-electron chi connectivity index (χ3n) is 2.32. The number of hydrogen-bond acceptors (Lipinski definition) is 4. The summed E-state index contributed by atoms with van der Waals surface area (Å²) in [5, 5.41) is 0. The quantitative estimate of drug-likeness (QED) is 0.628. The minimum Gasteiger partial charge on any atom is -0.397 e. The highest BCUT2D eigenvalue weighted by molar-refractivity contribution is 5.53. The van der Waals surface area contributed by atoms with E-state index in [-0.39, 0.29) is 0 Å². The van der Waals surface area contributed by atoms with Crippen LogP contribution in [0, 0.1) is 6.92 Å². The van der Waals surface area contributed by atoms with Gasteiger partial charge in [-0.3, -0.25) is 4.98 Å². The molecular weight excluding hydrogens is 176 g/mol. The van der Waals surface area contributed by atoms with E-state index < -0.39 is 0 Å². The molecule has 0 saturated heterocycles. The number of hydrogen-bond donors (Lipinski definition) is 3. The van der Waals surface area contributed by atoms with Gasteiger partial charge >= 0.3 is 0 Å². The molecule has 1 heterocycles. The van der Waals surface area contributed by atoms with Gasteiger partial charge in [0.15, 0.2) is 0 Å². The molecule has 4 heteroatoms. The molecule has 4 nitrogen and oxygen atoms in total. The fourth-order valence-electron chi connectivity index (χ4n) is 1.52. The topological polar surface area (TPSA) is 90.9 Å². The molecule has 0 atom stereocenters. The molecule has 0 unspecified atom stereocenters. The van der Waals surface area contributed by atoms with Crippen molar-refractivity contribution in [1.29, 1.82) is 0 Å². The van der Waals surface area contributed by atoms with Crippen molar-refractivity contribution >= 4 is 5.69 Å². The van der Waals surface area contributed by atoms with Crippen molar-refractivity contribution in [2.45, 2.75) is 19.8 Å². The van der Waals surface area contributed by atoms with Crippen molar-refractivity contribution in [3.8, 4) is 0 Å². The largest absolute Gasteiger partial charge is 0.397 e. The summed E-state index contributed by atoms with van der Waals surface area (Å²) in [5.74, 6) is 0. The van der Waals surface area contributed by atoms with Crippen LogP contribution < -0.4 is 17.2 Å². The number of aromatic nitrogens is 1. The first-order valence-corrected chi connectivity index (χ1v) is 4.83. The van der Waals surface area contributed by atoms with Gasteiger partial charge < -0.3 is 17.2 Å². The van der Waals surface area contributed by atoms with E-state index in [9.17, 15) is 0 Å². The number of aryl methyl sites for hydroxylation is 1. The van der Waals surface area contributed by atoms with Crippen LogP contribution in [0.25, 0.3) is 0 Å². The lowest BCUT2D eigenvalue weighted by atomic mass is 10.0. The zero-order valence-electron chi connectivity index (χ0n) is 8.59. The van der Waals surface area contributed by atoms with Crippen LogP contribution in [-0.2, 0) is 12.8 Å². The van der Waals surface area contributed by atoms with Crippen LogP contribution in [0.15, 0.2) is 6.20 Å². The molecule has 0 amide bonds. The Morgan fingerprint density at radius 2 is 1.86 bits per heavy atom. The molecule has 0 fully saturated rings. The van der Waals surface area contributed by atoms with Gasteiger partial charge in [0.2, 0.25) is 0 Å². The molecule has 1 aromatic rings. The second-order valence-corrected chi connectivity index (χ2v) is 3.34. The monoisotopic (exact) mass is 194 g/mol. The molecule has 0 aliphatic rings. The number of nitrogen functional groups attached to an aromatic ring is 1. The van der Waals surface area contributed by atoms with Crippen molar-refractivity contribution in [1.82, 2.24) is 4.98 Å². The average Bonchev–Trinajstić information content (AvgIpc) is 2.18. The minimum absolute atomic E-state index is 0.602. The van der Waals surface area contributed by atoms with Crippen LogP contribution >= 0.6 is 0 Å². The summed E-state index contributed by atoms with van der Waals surface area (Å²) in [4.78, 5) is 4.22. The summed E-state index contributed by atoms with van der Waals surface area (Å²) in [7, 11) is 0. The van der Waals surface area contributed by atoms with Crippen LogP contribution in [0.3, 0.4) is 0 Å². The molecule has 0 radical (unpaired) electrons. The molecule has 78 valence electrons. The number of nitrogens with zero attached hydrogens (tertiary/aromatic N) is 1. The summed E-state index contributed by atoms with van der Waals surface area (Å²) < 4.78 is 0. The third-order valence-corrected chi connectivity index (χ3v) is 2.32. The molecule has 0 aromatic carbocycles. The Balaban J connectivity index is 3.08. The van der Waals surface area contributed by atoms with E-state index in [4.69, 9.17) is 17.2 Å². The smallest absolute Gasteiger partial charge is 0.0604 e. The first-order valence-electron chi connectivity index (χ1n) is 4.83. The predicted molar refractivity (Wildman–Crippen MR) is 58.9 cm³/mol. The van der Waals surface area contributed by atoms with Crippen LogP contribution in [0.1, 0.15) is 16.8 Å². The number of nitrogens with two attached hydrogens (primary N) is 3. The number of anilines is 1. The first kappa shape index (κ1) is 10.9. The summed E-state index contributed by atoms with van der Waals surface area (Å²) in [6, 6.07) is 0. The lowest BCUT2D eigenvalue weighted by Crippen LogP contribution is -2.13. The molecular formula is C10H18N4. The van der Waals surface area contributed by atoms with E-state index in [0.717, 1.165) is 35.3 Å². The highest BCUT2D eigenvalue weighted by atomic mass is 14.7. The molecule has 0 spiro atoms. The highest BCUT2D eigenvalue weighted by Gasteiger charge is 2.08. The molecule has 0 saturated carbocycles. The maximum atomic E-state index is 5.94. The Morgan fingerprint density at radius 1 is 1.21 bits per heavy atom. The van der Waals surface area contributed by atoms with Gasteiger partial charge in [-0.25, -0.2) is 0 Å². The maximum Gasteiger partial charge on any atom is 0.0604 e. The summed E-state index contributed by atoms with van der Waals surface area (Å²) >= 11 is 0. The van der Waals surface area contributed by atoms with Crippen molar-refractivity contribution in [2.75, 3.05) is 18.8 Å². The van der Waals surface area contributed by atoms with Gasteiger partial charge in [0, 0.05) is 6.20 Å². The van der Waals surface area contributed by atoms with Gasteiger partial charge in [-0.1, -0.05) is 0 Å². The molecule has 0 aliphatic heterocycles. The Morgan fingerprint density at radius 3 is 2.43 bits per heavy atom. The van der Waals surface area contributed by atoms with Crippen LogP contribution in [0.2, 0.25) is 0 Å². The molecule has 14 heavy (non-hydrogen) atoms. The molecule has 0 bridgehead atoms. The number of pyridine rings is 1. The van der Waals surface area contributed by atoms with Gasteiger partial charge in [-0.05, 0) is 44.0 Å². The fraction of sp³-hybridized carbons (Fsp3) is 0.500. The van der Waals surface area contributed by atoms with Gasteiger partial charge in [0.1, 0.15) is 0 Å². The Kier molecular flexibility index (Phi) is 3.85. The second kappa shape index (κ2) is 4.93. The summed E-state index contributed by atoms with van der Waals surface area (Å²) in [6.07, 6.45) is 3.46. The molecule has 1 aromatic heterocycles. The molecule has 6 N–H and O–H groups in total. The fourth-order valence-corrected chi connectivity index (χ4v) is 1.52. The van der Waals surface area contributed by atoms with Crippen molar-refractivity contribution in [3.05, 3.63) is 23.0 Å². The van der Waals surface area contributed by atoms with Gasteiger partial charge in [0.05, 0.1) is 11.4 Å². The second-order valence-electron chi connectivity index (χ2n) is 3.34. The minimum atomic E-state index is 0.602. The van der Waals surface area contributed by atoms with Crippen LogP contribution in [0.4, 0.5) is 5.69 Å². The predicted octanol–water partition coefficient (Wildman–Crippen LogP) is -0.0254. The Labute approximate surface area is 84.5 Å². The van der Waals surface area contributed by atoms with Crippen molar-refractivity contribution in [2.24, 2.45) is 11.5 Å². The van der Waals surface area contributed by atoms with Gasteiger partial charge in [-0.2, -0.15) is 0 Å². The first-order chi connectivity index (χ1) is 6.70. The Bertz CT molecular complexity index is 309. The van der Waals surface area contributed by atoms with Crippen molar-refractivity contribution < 1.29 is 0 Å². The molecule has 0 aliphatic carbocycles. The van der Waals surface area contributed by atoms with Crippen molar-refractivity contribution in [3.63, 3.8) is 0 Å². The lowest BCUT2D eigenvalue weighted by molar-refractivity contribution is 0.893. The van der Waals surface area contributed by atoms with Crippen LogP contribution in [0.5, 0.6) is 0 Å². The number of rotatable bonds is 4. The normalized spacial score (nSPS) is 10.5. The van der Waals surface area contributed by atoms with E-state index in [2.05, 4.69) is 4.98 Å². The highest BCUT2D eigenvalue weighted by Crippen LogP contribution is 2.19. The zero-order chi connectivity index (χ0) is 10.6. The zero-order valence-corrected chi connectivity index (χ0v) is 8.59. The van der Waals surface area contributed by atoms with Gasteiger partial charge in [-0.15, -0.1) is 0 Å². The third kappa shape index (κ3) is 2.21. The maximum absolute atomic E-state index is 5.94. The molecule has 1 rings (SSSR count). The Hall–Kier alpha value is -1.13. The summed E-state index contributed by atoms with van der Waals surface area (Å²) in [6.45, 7) is 3.12. The SMILES string of the molecule is Cc1ncc(CCN)c(CCN)c1N. The van der Waals surface area contributed by atoms with E-state index >= 15 is 0 Å². The summed E-state index contributed by atoms with van der Waals surface area (Å²) in [5.41, 5.74) is 20.9. The van der Waals surface area contributed by atoms with E-state index in [1.807, 2.05) is 13.1 Å². The van der Waals surface area contributed by atoms with E-state index in [1.165, 1.54) is 0 Å². The van der Waals surface area contributed by atoms with E-state index in [1.54, 1.807) is 0 Å². The lowest BCUT2D eigenvalue weighted by Gasteiger charge is -2.12. The van der Waals surface area contributed by atoms with E-state index in [0.29, 0.717) is 13.1 Å². The van der Waals surface area contributed by atoms with Crippen LogP contribution in [-0.4, -0.2) is 18.1 Å². The standard InChI is InChI=1S/C10H18N4/c1-7-10(13)9(3-5-12)8(2-4-11)6-14-7/h6H,2-5,11-13H2,1H3.